The maximum Gasteiger partial charge on any atom is 0.272 e. The highest BCUT2D eigenvalue weighted by Gasteiger charge is 2.19. The van der Waals surface area contributed by atoms with Gasteiger partial charge in [-0.3, -0.25) is 14.3 Å². The number of aromatic amines is 1. The number of carbonyl (C=O) groups excluding carboxylic acids is 1. The Morgan fingerprint density at radius 3 is 2.90 bits per heavy atom. The molecule has 3 aromatic heterocycles. The van der Waals surface area contributed by atoms with Crippen molar-refractivity contribution in [2.75, 3.05) is 0 Å². The highest BCUT2D eigenvalue weighted by molar-refractivity contribution is 5.93. The number of nitrogens with one attached hydrogen (secondary N) is 2. The van der Waals surface area contributed by atoms with E-state index in [1.165, 1.54) is 0 Å². The van der Waals surface area contributed by atoms with Crippen LogP contribution in [0.25, 0.3) is 5.78 Å². The van der Waals surface area contributed by atoms with Crippen molar-refractivity contribution < 1.29 is 4.79 Å². The Morgan fingerprint density at radius 1 is 1.43 bits per heavy atom. The van der Waals surface area contributed by atoms with Gasteiger partial charge in [0.15, 0.2) is 0 Å². The predicted octanol–water partition coefficient (Wildman–Crippen LogP) is 1.56. The summed E-state index contributed by atoms with van der Waals surface area (Å²) in [5.41, 5.74) is 3.19. The fourth-order valence-corrected chi connectivity index (χ4v) is 2.48. The Labute approximate surface area is 121 Å². The molecule has 0 aliphatic rings. The van der Waals surface area contributed by atoms with Gasteiger partial charge in [0.1, 0.15) is 5.69 Å². The number of rotatable bonds is 3. The summed E-state index contributed by atoms with van der Waals surface area (Å²) in [6, 6.07) is 1.64. The third kappa shape index (κ3) is 2.37. The molecule has 7 heteroatoms. The van der Waals surface area contributed by atoms with Crippen LogP contribution in [0.5, 0.6) is 0 Å². The number of fused-ring (bicyclic) bond motifs is 1. The molecule has 0 saturated heterocycles. The van der Waals surface area contributed by atoms with E-state index < -0.39 is 0 Å². The van der Waals surface area contributed by atoms with Gasteiger partial charge >= 0.3 is 0 Å². The number of aromatic nitrogens is 5. The monoisotopic (exact) mass is 284 g/mol. The Kier molecular flexibility index (Phi) is 3.17. The molecule has 3 rings (SSSR count). The molecule has 1 atom stereocenters. The van der Waals surface area contributed by atoms with Crippen molar-refractivity contribution in [2.45, 2.75) is 26.8 Å². The van der Waals surface area contributed by atoms with E-state index in [9.17, 15) is 4.79 Å². The molecule has 0 aromatic carbocycles. The lowest BCUT2D eigenvalue weighted by molar-refractivity contribution is 0.0935. The van der Waals surface area contributed by atoms with E-state index in [0.29, 0.717) is 11.5 Å². The van der Waals surface area contributed by atoms with Gasteiger partial charge in [-0.1, -0.05) is 0 Å². The number of amides is 1. The quantitative estimate of drug-likeness (QED) is 0.764. The maximum absolute atomic E-state index is 12.3. The van der Waals surface area contributed by atoms with E-state index in [0.717, 1.165) is 17.0 Å². The van der Waals surface area contributed by atoms with Crippen LogP contribution < -0.4 is 5.32 Å². The van der Waals surface area contributed by atoms with Crippen molar-refractivity contribution in [2.24, 2.45) is 0 Å². The molecule has 1 amide bonds. The van der Waals surface area contributed by atoms with E-state index in [1.807, 2.05) is 20.8 Å². The van der Waals surface area contributed by atoms with Crippen molar-refractivity contribution in [3.63, 3.8) is 0 Å². The molecule has 3 heterocycles. The molecule has 3 aromatic rings. The summed E-state index contributed by atoms with van der Waals surface area (Å²) in [6.07, 6.45) is 5.12. The highest BCUT2D eigenvalue weighted by Crippen LogP contribution is 2.19. The standard InChI is InChI=1S/C14H16N6O/c1-8(12-9(2)18-19-10(12)3)16-13(21)11-7-20-6-4-5-15-14(20)17-11/h4-8H,1-3H3,(H,16,21)(H,18,19)/t8-/m0/s1. The second kappa shape index (κ2) is 5.01. The Hall–Kier alpha value is -2.70. The number of aryl methyl sites for hydroxylation is 2. The molecular weight excluding hydrogens is 268 g/mol. The fourth-order valence-electron chi connectivity index (χ4n) is 2.48. The molecular formula is C14H16N6O. The molecule has 7 nitrogen and oxygen atoms in total. The smallest absolute Gasteiger partial charge is 0.272 e. The fraction of sp³-hybridized carbons (Fsp3) is 0.286. The van der Waals surface area contributed by atoms with Gasteiger partial charge in [-0.25, -0.2) is 9.97 Å². The van der Waals surface area contributed by atoms with E-state index >= 15 is 0 Å². The molecule has 2 N–H and O–H groups in total. The zero-order valence-corrected chi connectivity index (χ0v) is 12.1. The van der Waals surface area contributed by atoms with Crippen molar-refractivity contribution in [1.82, 2.24) is 29.9 Å². The van der Waals surface area contributed by atoms with Gasteiger partial charge in [0, 0.05) is 29.8 Å². The Bertz CT molecular complexity index is 750. The zero-order chi connectivity index (χ0) is 15.0. The molecule has 0 bridgehead atoms. The van der Waals surface area contributed by atoms with Crippen LogP contribution >= 0.6 is 0 Å². The molecule has 0 spiro atoms. The van der Waals surface area contributed by atoms with Gasteiger partial charge in [0.05, 0.1) is 11.7 Å². The number of imidazole rings is 1. The first-order chi connectivity index (χ1) is 10.1. The maximum atomic E-state index is 12.3. The lowest BCUT2D eigenvalue weighted by Gasteiger charge is -2.13. The number of nitrogens with zero attached hydrogens (tertiary/aromatic N) is 4. The van der Waals surface area contributed by atoms with Gasteiger partial charge in [-0.05, 0) is 26.8 Å². The summed E-state index contributed by atoms with van der Waals surface area (Å²) in [7, 11) is 0. The summed E-state index contributed by atoms with van der Waals surface area (Å²) in [5, 5.41) is 10.0. The first-order valence-corrected chi connectivity index (χ1v) is 6.68. The van der Waals surface area contributed by atoms with Gasteiger partial charge < -0.3 is 5.32 Å². The normalized spacial score (nSPS) is 12.5. The SMILES string of the molecule is Cc1n[nH]c(C)c1[C@H](C)NC(=O)c1cn2cccnc2n1. The van der Waals surface area contributed by atoms with Crippen LogP contribution in [0.4, 0.5) is 0 Å². The van der Waals surface area contributed by atoms with Crippen LogP contribution in [-0.2, 0) is 0 Å². The minimum absolute atomic E-state index is 0.144. The highest BCUT2D eigenvalue weighted by atomic mass is 16.2. The van der Waals surface area contributed by atoms with Gasteiger partial charge in [0.2, 0.25) is 5.78 Å². The van der Waals surface area contributed by atoms with Crippen LogP contribution in [0.1, 0.15) is 40.4 Å². The average Bonchev–Trinajstić information content (AvgIpc) is 3.02. The van der Waals surface area contributed by atoms with Gasteiger partial charge in [-0.2, -0.15) is 5.10 Å². The summed E-state index contributed by atoms with van der Waals surface area (Å²) in [4.78, 5) is 20.6. The van der Waals surface area contributed by atoms with E-state index in [2.05, 4.69) is 25.5 Å². The zero-order valence-electron chi connectivity index (χ0n) is 12.1. The minimum Gasteiger partial charge on any atom is -0.344 e. The molecule has 108 valence electrons. The molecule has 0 saturated carbocycles. The van der Waals surface area contributed by atoms with Crippen molar-refractivity contribution in [3.05, 3.63) is 47.3 Å². The third-order valence-electron chi connectivity index (χ3n) is 3.43. The molecule has 21 heavy (non-hydrogen) atoms. The molecule has 0 radical (unpaired) electrons. The summed E-state index contributed by atoms with van der Waals surface area (Å²) >= 11 is 0. The Balaban J connectivity index is 1.83. The summed E-state index contributed by atoms with van der Waals surface area (Å²) in [6.45, 7) is 5.78. The van der Waals surface area contributed by atoms with Crippen LogP contribution in [0.2, 0.25) is 0 Å². The molecule has 0 unspecified atom stereocenters. The van der Waals surface area contributed by atoms with Crippen LogP contribution in [0.3, 0.4) is 0 Å². The lowest BCUT2D eigenvalue weighted by Crippen LogP contribution is -2.27. The van der Waals surface area contributed by atoms with Crippen molar-refractivity contribution in [1.29, 1.82) is 0 Å². The Morgan fingerprint density at radius 2 is 2.24 bits per heavy atom. The summed E-state index contributed by atoms with van der Waals surface area (Å²) < 4.78 is 1.72. The first kappa shape index (κ1) is 13.3. The van der Waals surface area contributed by atoms with E-state index in [4.69, 9.17) is 0 Å². The minimum atomic E-state index is -0.229. The second-order valence-electron chi connectivity index (χ2n) is 5.00. The van der Waals surface area contributed by atoms with Crippen molar-refractivity contribution >= 4 is 11.7 Å². The number of hydrogen-bond acceptors (Lipinski definition) is 4. The average molecular weight is 284 g/mol. The lowest BCUT2D eigenvalue weighted by atomic mass is 10.1. The summed E-state index contributed by atoms with van der Waals surface area (Å²) in [5.74, 6) is 0.277. The molecule has 0 fully saturated rings. The van der Waals surface area contributed by atoms with Crippen LogP contribution in [0.15, 0.2) is 24.7 Å². The topological polar surface area (TPSA) is 88.0 Å². The third-order valence-corrected chi connectivity index (χ3v) is 3.43. The molecule has 0 aliphatic carbocycles. The largest absolute Gasteiger partial charge is 0.344 e. The molecule has 0 aliphatic heterocycles. The van der Waals surface area contributed by atoms with E-state index in [-0.39, 0.29) is 11.9 Å². The van der Waals surface area contributed by atoms with Gasteiger partial charge in [-0.15, -0.1) is 0 Å². The van der Waals surface area contributed by atoms with E-state index in [1.54, 1.807) is 29.1 Å². The predicted molar refractivity (Wildman–Crippen MR) is 76.9 cm³/mol. The van der Waals surface area contributed by atoms with Gasteiger partial charge in [0.25, 0.3) is 5.91 Å². The van der Waals surface area contributed by atoms with Crippen LogP contribution in [-0.4, -0.2) is 30.5 Å². The van der Waals surface area contributed by atoms with Crippen molar-refractivity contribution in [3.8, 4) is 0 Å². The number of H-pyrrole nitrogens is 1. The second-order valence-corrected chi connectivity index (χ2v) is 5.00. The number of carbonyl (C=O) groups is 1. The van der Waals surface area contributed by atoms with Crippen LogP contribution in [0, 0.1) is 13.8 Å². The first-order valence-electron chi connectivity index (χ1n) is 6.68. The number of hydrogen-bond donors (Lipinski definition) is 2.